The molecule has 100 valence electrons. The summed E-state index contributed by atoms with van der Waals surface area (Å²) in [5, 5.41) is 3.62. The third-order valence-electron chi connectivity index (χ3n) is 3.78. The summed E-state index contributed by atoms with van der Waals surface area (Å²) in [7, 11) is 0. The number of rotatable bonds is 4. The lowest BCUT2D eigenvalue weighted by Gasteiger charge is -2.17. The van der Waals surface area contributed by atoms with E-state index >= 15 is 0 Å². The van der Waals surface area contributed by atoms with E-state index in [-0.39, 0.29) is 0 Å². The molecule has 1 aromatic heterocycles. The summed E-state index contributed by atoms with van der Waals surface area (Å²) in [6.07, 6.45) is 5.57. The molecule has 0 atom stereocenters. The van der Waals surface area contributed by atoms with E-state index in [1.165, 1.54) is 42.6 Å². The Morgan fingerprint density at radius 1 is 1.39 bits per heavy atom. The molecule has 2 rings (SSSR count). The molecule has 0 aliphatic heterocycles. The van der Waals surface area contributed by atoms with Crippen LogP contribution in [0.1, 0.15) is 56.7 Å². The van der Waals surface area contributed by atoms with Gasteiger partial charge in [-0.25, -0.2) is 4.98 Å². The highest BCUT2D eigenvalue weighted by molar-refractivity contribution is 9.10. The van der Waals surface area contributed by atoms with Crippen LogP contribution >= 0.6 is 15.9 Å². The molecule has 0 unspecified atom stereocenters. The molecule has 1 aliphatic carbocycles. The van der Waals surface area contributed by atoms with Crippen molar-refractivity contribution >= 4 is 21.6 Å². The van der Waals surface area contributed by atoms with Gasteiger partial charge in [0.2, 0.25) is 0 Å². The van der Waals surface area contributed by atoms with E-state index in [1.54, 1.807) is 0 Å². The fourth-order valence-corrected chi connectivity index (χ4v) is 2.96. The Bertz CT molecular complexity index is 409. The maximum Gasteiger partial charge on any atom is 0.109 e. The zero-order valence-corrected chi connectivity index (χ0v) is 13.2. The predicted molar refractivity (Wildman–Crippen MR) is 81.2 cm³/mol. The summed E-state index contributed by atoms with van der Waals surface area (Å²) in [6, 6.07) is 2.22. The summed E-state index contributed by atoms with van der Waals surface area (Å²) >= 11 is 3.53. The van der Waals surface area contributed by atoms with Gasteiger partial charge in [0, 0.05) is 6.54 Å². The van der Waals surface area contributed by atoms with Crippen molar-refractivity contribution in [3.8, 4) is 0 Å². The van der Waals surface area contributed by atoms with Gasteiger partial charge in [-0.2, -0.15) is 0 Å². The third kappa shape index (κ3) is 3.25. The van der Waals surface area contributed by atoms with Crippen LogP contribution in [0.2, 0.25) is 0 Å². The number of halogens is 1. The Labute approximate surface area is 119 Å². The lowest BCUT2D eigenvalue weighted by atomic mass is 10.1. The highest BCUT2D eigenvalue weighted by atomic mass is 79.9. The Morgan fingerprint density at radius 3 is 2.67 bits per heavy atom. The maximum absolute atomic E-state index is 4.67. The van der Waals surface area contributed by atoms with Gasteiger partial charge in [0.15, 0.2) is 0 Å². The fraction of sp³-hybridized carbons (Fsp3) is 0.667. The molecule has 2 nitrogen and oxygen atoms in total. The average molecular weight is 311 g/mol. The molecule has 0 saturated heterocycles. The van der Waals surface area contributed by atoms with Gasteiger partial charge in [-0.05, 0) is 59.2 Å². The largest absolute Gasteiger partial charge is 0.383 e. The molecule has 1 aromatic rings. The highest BCUT2D eigenvalue weighted by Gasteiger charge is 2.16. The minimum absolute atomic E-state index is 0.452. The Morgan fingerprint density at radius 2 is 2.06 bits per heavy atom. The Kier molecular flexibility index (Phi) is 4.66. The SMILES string of the molecule is Cc1cc(NCC2CCCC2)c(C(C)C)nc1Br. The molecule has 0 radical (unpaired) electrons. The Balaban J connectivity index is 2.12. The molecular formula is C15H23BrN2. The Hall–Kier alpha value is -0.570. The second kappa shape index (κ2) is 6.05. The predicted octanol–water partition coefficient (Wildman–Crippen LogP) is 4.88. The van der Waals surface area contributed by atoms with Crippen molar-refractivity contribution in [1.29, 1.82) is 0 Å². The van der Waals surface area contributed by atoms with Crippen molar-refractivity contribution in [2.75, 3.05) is 11.9 Å². The number of hydrogen-bond acceptors (Lipinski definition) is 2. The molecule has 1 fully saturated rings. The van der Waals surface area contributed by atoms with Gasteiger partial charge < -0.3 is 5.32 Å². The third-order valence-corrected chi connectivity index (χ3v) is 4.59. The first-order chi connectivity index (χ1) is 8.58. The lowest BCUT2D eigenvalue weighted by molar-refractivity contribution is 0.579. The van der Waals surface area contributed by atoms with E-state index in [4.69, 9.17) is 0 Å². The number of anilines is 1. The van der Waals surface area contributed by atoms with Gasteiger partial charge in [-0.1, -0.05) is 26.7 Å². The van der Waals surface area contributed by atoms with Crippen molar-refractivity contribution in [3.05, 3.63) is 21.9 Å². The highest BCUT2D eigenvalue weighted by Crippen LogP contribution is 2.29. The van der Waals surface area contributed by atoms with Gasteiger partial charge in [0.1, 0.15) is 4.60 Å². The number of nitrogens with zero attached hydrogens (tertiary/aromatic N) is 1. The van der Waals surface area contributed by atoms with Crippen LogP contribution in [0, 0.1) is 12.8 Å². The summed E-state index contributed by atoms with van der Waals surface area (Å²) in [5.41, 5.74) is 3.59. The second-order valence-corrected chi connectivity index (χ2v) is 6.47. The molecule has 1 saturated carbocycles. The minimum atomic E-state index is 0.452. The molecule has 0 amide bonds. The zero-order valence-electron chi connectivity index (χ0n) is 11.6. The number of aryl methyl sites for hydroxylation is 1. The second-order valence-electron chi connectivity index (χ2n) is 5.71. The van der Waals surface area contributed by atoms with E-state index in [9.17, 15) is 0 Å². The van der Waals surface area contributed by atoms with Crippen LogP contribution in [-0.2, 0) is 0 Å². The van der Waals surface area contributed by atoms with E-state index in [0.717, 1.165) is 17.1 Å². The van der Waals surface area contributed by atoms with Crippen LogP contribution in [0.15, 0.2) is 10.7 Å². The zero-order chi connectivity index (χ0) is 13.1. The molecule has 1 N–H and O–H groups in total. The monoisotopic (exact) mass is 310 g/mol. The minimum Gasteiger partial charge on any atom is -0.383 e. The summed E-state index contributed by atoms with van der Waals surface area (Å²) in [5.74, 6) is 1.31. The van der Waals surface area contributed by atoms with E-state index in [0.29, 0.717) is 5.92 Å². The van der Waals surface area contributed by atoms with Gasteiger partial charge in [-0.15, -0.1) is 0 Å². The molecule has 0 bridgehead atoms. The average Bonchev–Trinajstić information content (AvgIpc) is 2.83. The van der Waals surface area contributed by atoms with Crippen LogP contribution in [0.5, 0.6) is 0 Å². The van der Waals surface area contributed by atoms with Gasteiger partial charge in [-0.3, -0.25) is 0 Å². The summed E-state index contributed by atoms with van der Waals surface area (Å²) < 4.78 is 0.970. The van der Waals surface area contributed by atoms with Gasteiger partial charge in [0.05, 0.1) is 11.4 Å². The van der Waals surface area contributed by atoms with Crippen LogP contribution in [0.25, 0.3) is 0 Å². The topological polar surface area (TPSA) is 24.9 Å². The molecule has 18 heavy (non-hydrogen) atoms. The number of hydrogen-bond donors (Lipinski definition) is 1. The van der Waals surface area contributed by atoms with Crippen molar-refractivity contribution in [3.63, 3.8) is 0 Å². The van der Waals surface area contributed by atoms with Crippen LogP contribution in [0.4, 0.5) is 5.69 Å². The first kappa shape index (κ1) is 13.9. The summed E-state index contributed by atoms with van der Waals surface area (Å²) in [4.78, 5) is 4.67. The smallest absolute Gasteiger partial charge is 0.109 e. The molecule has 0 aromatic carbocycles. The first-order valence-corrected chi connectivity index (χ1v) is 7.78. The normalized spacial score (nSPS) is 16.5. The summed E-state index contributed by atoms with van der Waals surface area (Å²) in [6.45, 7) is 7.60. The standard InChI is InChI=1S/C15H23BrN2/c1-10(2)14-13(8-11(3)15(16)18-14)17-9-12-6-4-5-7-12/h8,10,12,17H,4-7,9H2,1-3H3. The molecular weight excluding hydrogens is 288 g/mol. The van der Waals surface area contributed by atoms with Gasteiger partial charge in [0.25, 0.3) is 0 Å². The molecule has 3 heteroatoms. The fourth-order valence-electron chi connectivity index (χ4n) is 2.65. The van der Waals surface area contributed by atoms with Crippen molar-refractivity contribution in [2.45, 2.75) is 52.4 Å². The number of nitrogens with one attached hydrogen (secondary N) is 1. The van der Waals surface area contributed by atoms with Gasteiger partial charge >= 0.3 is 0 Å². The van der Waals surface area contributed by atoms with E-state index < -0.39 is 0 Å². The first-order valence-electron chi connectivity index (χ1n) is 6.99. The van der Waals surface area contributed by atoms with Crippen LogP contribution in [0.3, 0.4) is 0 Å². The van der Waals surface area contributed by atoms with Crippen molar-refractivity contribution in [1.82, 2.24) is 4.98 Å². The van der Waals surface area contributed by atoms with Crippen LogP contribution in [-0.4, -0.2) is 11.5 Å². The van der Waals surface area contributed by atoms with E-state index in [1.807, 2.05) is 0 Å². The van der Waals surface area contributed by atoms with E-state index in [2.05, 4.69) is 53.1 Å². The molecule has 0 spiro atoms. The lowest BCUT2D eigenvalue weighted by Crippen LogP contribution is -2.13. The number of pyridine rings is 1. The molecule has 1 heterocycles. The van der Waals surface area contributed by atoms with Crippen molar-refractivity contribution < 1.29 is 0 Å². The van der Waals surface area contributed by atoms with Crippen molar-refractivity contribution in [2.24, 2.45) is 5.92 Å². The maximum atomic E-state index is 4.67. The van der Waals surface area contributed by atoms with Crippen LogP contribution < -0.4 is 5.32 Å². The quantitative estimate of drug-likeness (QED) is 0.802. The molecule has 1 aliphatic rings. The number of aromatic nitrogens is 1.